The van der Waals surface area contributed by atoms with E-state index >= 15 is 0 Å². The quantitative estimate of drug-likeness (QED) is 0.446. The largest absolute Gasteiger partial charge is 0.433 e. The second kappa shape index (κ2) is 7.41. The Morgan fingerprint density at radius 1 is 0.964 bits per heavy atom. The maximum Gasteiger partial charge on any atom is 0.433 e. The Bertz CT molecular complexity index is 965. The van der Waals surface area contributed by atoms with Crippen LogP contribution in [0.1, 0.15) is 18.2 Å². The van der Waals surface area contributed by atoms with Gasteiger partial charge in [0.05, 0.1) is 17.4 Å². The first-order valence-corrected chi connectivity index (χ1v) is 8.74. The molecule has 0 unspecified atom stereocenters. The van der Waals surface area contributed by atoms with Crippen LogP contribution < -0.4 is 0 Å². The van der Waals surface area contributed by atoms with Crippen LogP contribution in [0.15, 0.2) is 41.8 Å². The van der Waals surface area contributed by atoms with Crippen molar-refractivity contribution in [3.63, 3.8) is 0 Å². The van der Waals surface area contributed by atoms with Gasteiger partial charge in [0.2, 0.25) is 5.82 Å². The Morgan fingerprint density at radius 3 is 2.29 bits per heavy atom. The van der Waals surface area contributed by atoms with Gasteiger partial charge in [0.25, 0.3) is 0 Å². The second-order valence-corrected chi connectivity index (χ2v) is 6.72. The molecule has 0 bridgehead atoms. The van der Waals surface area contributed by atoms with Crippen molar-refractivity contribution in [1.82, 2.24) is 24.7 Å². The van der Waals surface area contributed by atoms with Crippen LogP contribution in [-0.2, 0) is 12.4 Å². The number of rotatable bonds is 4. The van der Waals surface area contributed by atoms with E-state index < -0.39 is 23.6 Å². The lowest BCUT2D eigenvalue weighted by atomic mass is 10.2. The lowest BCUT2D eigenvalue weighted by Crippen LogP contribution is -2.08. The van der Waals surface area contributed by atoms with Crippen molar-refractivity contribution in [2.45, 2.75) is 24.2 Å². The highest BCUT2D eigenvalue weighted by Gasteiger charge is 2.33. The minimum Gasteiger partial charge on any atom is -0.251 e. The molecule has 0 saturated heterocycles. The third kappa shape index (κ3) is 4.26. The topological polar surface area (TPSA) is 56.5 Å². The van der Waals surface area contributed by atoms with Gasteiger partial charge in [-0.2, -0.15) is 26.3 Å². The molecule has 0 spiro atoms. The third-order valence-electron chi connectivity index (χ3n) is 3.49. The molecule has 0 fully saturated rings. The fourth-order valence-electron chi connectivity index (χ4n) is 2.22. The maximum absolute atomic E-state index is 12.9. The maximum atomic E-state index is 12.9. The van der Waals surface area contributed by atoms with E-state index in [4.69, 9.17) is 0 Å². The molecule has 0 aliphatic carbocycles. The van der Waals surface area contributed by atoms with Crippen LogP contribution in [0.25, 0.3) is 17.2 Å². The fraction of sp³-hybridized carbons (Fsp3) is 0.250. The summed E-state index contributed by atoms with van der Waals surface area (Å²) < 4.78 is 77.7. The van der Waals surface area contributed by atoms with Gasteiger partial charge in [0.15, 0.2) is 0 Å². The number of alkyl halides is 6. The van der Waals surface area contributed by atoms with Crippen molar-refractivity contribution in [3.8, 4) is 17.2 Å². The summed E-state index contributed by atoms with van der Waals surface area (Å²) in [5.41, 5.74) is -1.58. The minimum absolute atomic E-state index is 0.0459. The van der Waals surface area contributed by atoms with E-state index in [1.807, 2.05) is 0 Å². The van der Waals surface area contributed by atoms with E-state index in [2.05, 4.69) is 20.1 Å². The zero-order chi connectivity index (χ0) is 20.5. The molecular formula is C16H11F6N5S. The van der Waals surface area contributed by atoms with Crippen molar-refractivity contribution in [1.29, 1.82) is 0 Å². The SMILES string of the molecule is CCSc1cc(C(F)(F)F)cnc1-c1ncn(-c2ccc(C(F)(F)F)nc2)n1. The summed E-state index contributed by atoms with van der Waals surface area (Å²) in [6.07, 6.45) is -6.21. The molecule has 0 N–H and O–H groups in total. The zero-order valence-electron chi connectivity index (χ0n) is 14.1. The van der Waals surface area contributed by atoms with Crippen molar-refractivity contribution in [3.05, 3.63) is 48.2 Å². The molecule has 3 heterocycles. The number of pyridine rings is 2. The van der Waals surface area contributed by atoms with E-state index in [0.717, 1.165) is 36.2 Å². The number of halogens is 6. The van der Waals surface area contributed by atoms with Crippen LogP contribution in [0, 0.1) is 0 Å². The van der Waals surface area contributed by atoms with Crippen molar-refractivity contribution < 1.29 is 26.3 Å². The number of hydrogen-bond donors (Lipinski definition) is 0. The van der Waals surface area contributed by atoms with E-state index in [9.17, 15) is 26.3 Å². The first kappa shape index (κ1) is 20.1. The molecule has 3 aromatic heterocycles. The van der Waals surface area contributed by atoms with E-state index in [1.54, 1.807) is 6.92 Å². The first-order chi connectivity index (χ1) is 13.1. The third-order valence-corrected chi connectivity index (χ3v) is 4.40. The smallest absolute Gasteiger partial charge is 0.251 e. The Kier molecular flexibility index (Phi) is 5.33. The summed E-state index contributed by atoms with van der Waals surface area (Å²) in [6, 6.07) is 2.93. The average Bonchev–Trinajstić information content (AvgIpc) is 3.10. The molecule has 148 valence electrons. The van der Waals surface area contributed by atoms with E-state index in [-0.39, 0.29) is 22.1 Å². The van der Waals surface area contributed by atoms with Crippen molar-refractivity contribution >= 4 is 11.8 Å². The first-order valence-electron chi connectivity index (χ1n) is 7.75. The van der Waals surface area contributed by atoms with Crippen molar-refractivity contribution in [2.75, 3.05) is 5.75 Å². The van der Waals surface area contributed by atoms with Crippen LogP contribution in [0.2, 0.25) is 0 Å². The molecule has 0 saturated carbocycles. The van der Waals surface area contributed by atoms with Crippen molar-refractivity contribution in [2.24, 2.45) is 0 Å². The predicted octanol–water partition coefficient (Wildman–Crippen LogP) is 4.87. The molecule has 5 nitrogen and oxygen atoms in total. The lowest BCUT2D eigenvalue weighted by molar-refractivity contribution is -0.141. The van der Waals surface area contributed by atoms with Crippen LogP contribution in [0.4, 0.5) is 26.3 Å². The normalized spacial score (nSPS) is 12.4. The number of hydrogen-bond acceptors (Lipinski definition) is 5. The standard InChI is InChI=1S/C16H11F6N5S/c1-2-28-11-5-9(15(17,18)19)6-24-13(11)14-25-8-27(26-14)10-3-4-12(23-7-10)16(20,21)22/h3-8H,2H2,1H3. The van der Waals surface area contributed by atoms with Crippen LogP contribution >= 0.6 is 11.8 Å². The highest BCUT2D eigenvalue weighted by Crippen LogP contribution is 2.35. The monoisotopic (exact) mass is 419 g/mol. The summed E-state index contributed by atoms with van der Waals surface area (Å²) in [4.78, 5) is 11.4. The van der Waals surface area contributed by atoms with Gasteiger partial charge in [0, 0.05) is 11.1 Å². The number of thioether (sulfide) groups is 1. The summed E-state index contributed by atoms with van der Waals surface area (Å²) >= 11 is 1.15. The van der Waals surface area contributed by atoms with Gasteiger partial charge < -0.3 is 0 Å². The molecule has 3 aromatic rings. The Morgan fingerprint density at radius 2 is 1.71 bits per heavy atom. The van der Waals surface area contributed by atoms with Crippen LogP contribution in [-0.4, -0.2) is 30.5 Å². The summed E-state index contributed by atoms with van der Waals surface area (Å²) in [6.45, 7) is 1.77. The Hall–Kier alpha value is -2.63. The highest BCUT2D eigenvalue weighted by atomic mass is 32.2. The molecule has 0 radical (unpaired) electrons. The van der Waals surface area contributed by atoms with Gasteiger partial charge in [-0.1, -0.05) is 6.92 Å². The van der Waals surface area contributed by atoms with E-state index in [1.165, 1.54) is 11.0 Å². The van der Waals surface area contributed by atoms with Gasteiger partial charge >= 0.3 is 12.4 Å². The van der Waals surface area contributed by atoms with Gasteiger partial charge in [-0.3, -0.25) is 4.98 Å². The molecular weight excluding hydrogens is 408 g/mol. The Labute approximate surface area is 158 Å². The van der Waals surface area contributed by atoms with Crippen LogP contribution in [0.5, 0.6) is 0 Å². The predicted molar refractivity (Wildman–Crippen MR) is 88.8 cm³/mol. The lowest BCUT2D eigenvalue weighted by Gasteiger charge is -2.10. The average molecular weight is 419 g/mol. The second-order valence-electron chi connectivity index (χ2n) is 5.41. The molecule has 0 aliphatic rings. The molecule has 12 heteroatoms. The minimum atomic E-state index is -4.57. The van der Waals surface area contributed by atoms with E-state index in [0.29, 0.717) is 11.9 Å². The molecule has 0 amide bonds. The summed E-state index contributed by atoms with van der Waals surface area (Å²) in [5.74, 6) is 0.545. The highest BCUT2D eigenvalue weighted by molar-refractivity contribution is 7.99. The van der Waals surface area contributed by atoms with Gasteiger partial charge in [-0.25, -0.2) is 14.6 Å². The number of nitrogens with zero attached hydrogens (tertiary/aromatic N) is 5. The molecule has 0 aliphatic heterocycles. The molecule has 0 aromatic carbocycles. The Balaban J connectivity index is 1.95. The fourth-order valence-corrected chi connectivity index (χ4v) is 3.02. The zero-order valence-corrected chi connectivity index (χ0v) is 14.9. The molecule has 0 atom stereocenters. The summed E-state index contributed by atoms with van der Waals surface area (Å²) in [7, 11) is 0. The van der Waals surface area contributed by atoms with Gasteiger partial charge in [-0.05, 0) is 24.0 Å². The molecule has 3 rings (SSSR count). The van der Waals surface area contributed by atoms with Gasteiger partial charge in [-0.15, -0.1) is 16.9 Å². The molecule has 28 heavy (non-hydrogen) atoms. The number of aromatic nitrogens is 5. The van der Waals surface area contributed by atoms with Gasteiger partial charge in [0.1, 0.15) is 17.7 Å². The van der Waals surface area contributed by atoms with Crippen LogP contribution in [0.3, 0.4) is 0 Å². The summed E-state index contributed by atoms with van der Waals surface area (Å²) in [5, 5.41) is 4.10.